The van der Waals surface area contributed by atoms with E-state index in [0.717, 1.165) is 28.2 Å². The van der Waals surface area contributed by atoms with Gasteiger partial charge in [0.05, 0.1) is 19.3 Å². The van der Waals surface area contributed by atoms with Crippen LogP contribution in [0.5, 0.6) is 5.75 Å². The summed E-state index contributed by atoms with van der Waals surface area (Å²) in [5.41, 5.74) is 1.81. The summed E-state index contributed by atoms with van der Waals surface area (Å²) in [5, 5.41) is 4.47. The van der Waals surface area contributed by atoms with Crippen molar-refractivity contribution in [2.75, 3.05) is 7.11 Å². The van der Waals surface area contributed by atoms with Gasteiger partial charge in [0, 0.05) is 17.6 Å². The summed E-state index contributed by atoms with van der Waals surface area (Å²) in [6.07, 6.45) is 1.81. The highest BCUT2D eigenvalue weighted by Crippen LogP contribution is 2.28. The molecule has 1 atom stereocenters. The first-order valence-corrected chi connectivity index (χ1v) is 6.97. The second kappa shape index (κ2) is 5.97. The summed E-state index contributed by atoms with van der Waals surface area (Å²) in [4.78, 5) is 4.35. The van der Waals surface area contributed by atoms with Gasteiger partial charge in [0.1, 0.15) is 5.76 Å². The van der Waals surface area contributed by atoms with Gasteiger partial charge in [-0.2, -0.15) is 0 Å². The minimum Gasteiger partial charge on any atom is -0.493 e. The third kappa shape index (κ3) is 2.90. The van der Waals surface area contributed by atoms with Crippen molar-refractivity contribution in [3.63, 3.8) is 0 Å². The van der Waals surface area contributed by atoms with E-state index in [9.17, 15) is 0 Å². The molecule has 2 heterocycles. The molecule has 3 aromatic rings. The summed E-state index contributed by atoms with van der Waals surface area (Å²) in [5.74, 6) is 1.65. The molecule has 0 aliphatic heterocycles. The number of para-hydroxylation sites is 1. The lowest BCUT2D eigenvalue weighted by atomic mass is 10.2. The molecule has 1 N–H and O–H groups in total. The van der Waals surface area contributed by atoms with Crippen molar-refractivity contribution < 1.29 is 9.15 Å². The van der Waals surface area contributed by atoms with Crippen LogP contribution in [0.15, 0.2) is 53.1 Å². The zero-order chi connectivity index (χ0) is 14.7. The topological polar surface area (TPSA) is 47.3 Å². The normalized spacial score (nSPS) is 12.5. The molecule has 0 aliphatic carbocycles. The van der Waals surface area contributed by atoms with E-state index < -0.39 is 0 Å². The maximum absolute atomic E-state index is 5.87. The van der Waals surface area contributed by atoms with Crippen molar-refractivity contribution in [1.29, 1.82) is 0 Å². The van der Waals surface area contributed by atoms with Crippen LogP contribution in [-0.2, 0) is 6.54 Å². The lowest BCUT2D eigenvalue weighted by molar-refractivity contribution is 0.404. The van der Waals surface area contributed by atoms with Gasteiger partial charge in [-0.25, -0.2) is 0 Å². The largest absolute Gasteiger partial charge is 0.493 e. The van der Waals surface area contributed by atoms with Crippen molar-refractivity contribution in [2.45, 2.75) is 19.5 Å². The zero-order valence-electron chi connectivity index (χ0n) is 12.2. The molecule has 0 saturated heterocycles. The second-order valence-electron chi connectivity index (χ2n) is 4.95. The van der Waals surface area contributed by atoms with Gasteiger partial charge in [-0.1, -0.05) is 18.2 Å². The minimum atomic E-state index is 0.168. The number of aromatic nitrogens is 1. The van der Waals surface area contributed by atoms with Crippen molar-refractivity contribution >= 4 is 11.0 Å². The van der Waals surface area contributed by atoms with Crippen molar-refractivity contribution in [3.8, 4) is 5.75 Å². The number of hydrogen-bond donors (Lipinski definition) is 1. The van der Waals surface area contributed by atoms with Crippen LogP contribution >= 0.6 is 0 Å². The summed E-state index contributed by atoms with van der Waals surface area (Å²) < 4.78 is 11.2. The molecule has 21 heavy (non-hydrogen) atoms. The number of benzene rings is 1. The Balaban J connectivity index is 1.74. The highest BCUT2D eigenvalue weighted by Gasteiger charge is 2.10. The minimum absolute atomic E-state index is 0.168. The Kier molecular flexibility index (Phi) is 3.88. The molecule has 0 bridgehead atoms. The summed E-state index contributed by atoms with van der Waals surface area (Å²) in [6.45, 7) is 2.74. The quantitative estimate of drug-likeness (QED) is 0.775. The zero-order valence-corrected chi connectivity index (χ0v) is 12.2. The fraction of sp³-hybridized carbons (Fsp3) is 0.235. The van der Waals surface area contributed by atoms with Crippen molar-refractivity contribution in [1.82, 2.24) is 10.3 Å². The second-order valence-corrected chi connectivity index (χ2v) is 4.95. The molecule has 4 heteroatoms. The van der Waals surface area contributed by atoms with Crippen LogP contribution in [0.4, 0.5) is 0 Å². The highest BCUT2D eigenvalue weighted by molar-refractivity contribution is 5.83. The van der Waals surface area contributed by atoms with E-state index in [1.54, 1.807) is 13.3 Å². The van der Waals surface area contributed by atoms with E-state index in [1.807, 2.05) is 42.5 Å². The Labute approximate surface area is 123 Å². The van der Waals surface area contributed by atoms with Gasteiger partial charge >= 0.3 is 0 Å². The van der Waals surface area contributed by atoms with Crippen LogP contribution < -0.4 is 10.1 Å². The number of fused-ring (bicyclic) bond motifs is 1. The molecule has 0 unspecified atom stereocenters. The van der Waals surface area contributed by atoms with Crippen LogP contribution in [0, 0.1) is 0 Å². The van der Waals surface area contributed by atoms with Crippen LogP contribution in [0.2, 0.25) is 0 Å². The Morgan fingerprint density at radius 3 is 2.90 bits per heavy atom. The number of pyridine rings is 1. The van der Waals surface area contributed by atoms with E-state index in [2.05, 4.69) is 17.2 Å². The fourth-order valence-electron chi connectivity index (χ4n) is 2.33. The fourth-order valence-corrected chi connectivity index (χ4v) is 2.33. The van der Waals surface area contributed by atoms with Crippen molar-refractivity contribution in [2.24, 2.45) is 0 Å². The lowest BCUT2D eigenvalue weighted by Crippen LogP contribution is -2.18. The summed E-state index contributed by atoms with van der Waals surface area (Å²) >= 11 is 0. The summed E-state index contributed by atoms with van der Waals surface area (Å²) in [7, 11) is 1.65. The first-order chi connectivity index (χ1) is 10.3. The molecule has 0 saturated carbocycles. The molecule has 1 aromatic carbocycles. The van der Waals surface area contributed by atoms with Crippen LogP contribution in [-0.4, -0.2) is 12.1 Å². The number of methoxy groups -OCH3 is 1. The molecule has 0 fully saturated rings. The molecule has 0 radical (unpaired) electrons. The van der Waals surface area contributed by atoms with Gasteiger partial charge in [0.25, 0.3) is 0 Å². The van der Waals surface area contributed by atoms with E-state index in [0.29, 0.717) is 6.54 Å². The maximum atomic E-state index is 5.87. The van der Waals surface area contributed by atoms with E-state index in [4.69, 9.17) is 9.15 Å². The molecule has 0 aliphatic rings. The lowest BCUT2D eigenvalue weighted by Gasteiger charge is -2.11. The van der Waals surface area contributed by atoms with Crippen LogP contribution in [0.25, 0.3) is 11.0 Å². The average molecular weight is 282 g/mol. The predicted molar refractivity (Wildman–Crippen MR) is 82.3 cm³/mol. The third-order valence-corrected chi connectivity index (χ3v) is 3.49. The van der Waals surface area contributed by atoms with Gasteiger partial charge in [-0.05, 0) is 31.2 Å². The van der Waals surface area contributed by atoms with E-state index in [-0.39, 0.29) is 6.04 Å². The SMILES string of the molecule is COc1cccc2cc(CN[C@@H](C)c3ccccn3)oc12. The standard InChI is InChI=1S/C17H18N2O2/c1-12(15-7-3-4-9-18-15)19-11-14-10-13-6-5-8-16(20-2)17(13)21-14/h3-10,12,19H,11H2,1-2H3/t12-/m0/s1. The molecular weight excluding hydrogens is 264 g/mol. The molecular formula is C17H18N2O2. The number of furan rings is 1. The Morgan fingerprint density at radius 2 is 2.14 bits per heavy atom. The Morgan fingerprint density at radius 1 is 1.24 bits per heavy atom. The molecule has 2 aromatic heterocycles. The molecule has 4 nitrogen and oxygen atoms in total. The van der Waals surface area contributed by atoms with Gasteiger partial charge in [-0.15, -0.1) is 0 Å². The first kappa shape index (κ1) is 13.6. The maximum Gasteiger partial charge on any atom is 0.176 e. The smallest absolute Gasteiger partial charge is 0.176 e. The van der Waals surface area contributed by atoms with E-state index in [1.165, 1.54) is 0 Å². The highest BCUT2D eigenvalue weighted by atomic mass is 16.5. The number of ether oxygens (including phenoxy) is 1. The van der Waals surface area contributed by atoms with Gasteiger partial charge in [-0.3, -0.25) is 4.98 Å². The average Bonchev–Trinajstić information content (AvgIpc) is 2.96. The number of nitrogens with one attached hydrogen (secondary N) is 1. The summed E-state index contributed by atoms with van der Waals surface area (Å²) in [6, 6.07) is 14.0. The number of nitrogens with zero attached hydrogens (tertiary/aromatic N) is 1. The monoisotopic (exact) mass is 282 g/mol. The Bertz CT molecular complexity index is 722. The van der Waals surface area contributed by atoms with Crippen molar-refractivity contribution in [3.05, 3.63) is 60.1 Å². The van der Waals surface area contributed by atoms with Gasteiger partial charge in [0.2, 0.25) is 0 Å². The third-order valence-electron chi connectivity index (χ3n) is 3.49. The van der Waals surface area contributed by atoms with Gasteiger partial charge < -0.3 is 14.5 Å². The molecule has 3 rings (SSSR count). The number of hydrogen-bond acceptors (Lipinski definition) is 4. The van der Waals surface area contributed by atoms with Crippen LogP contribution in [0.1, 0.15) is 24.4 Å². The predicted octanol–water partition coefficient (Wildman–Crippen LogP) is 3.69. The Hall–Kier alpha value is -2.33. The van der Waals surface area contributed by atoms with E-state index >= 15 is 0 Å². The first-order valence-electron chi connectivity index (χ1n) is 6.97. The molecule has 0 amide bonds. The van der Waals surface area contributed by atoms with Gasteiger partial charge in [0.15, 0.2) is 11.3 Å². The van der Waals surface area contributed by atoms with Crippen LogP contribution in [0.3, 0.4) is 0 Å². The number of rotatable bonds is 5. The molecule has 0 spiro atoms. The molecule has 108 valence electrons.